The van der Waals surface area contributed by atoms with Gasteiger partial charge >= 0.3 is 0 Å². The molecule has 17 heavy (non-hydrogen) atoms. The van der Waals surface area contributed by atoms with Gasteiger partial charge in [-0.1, -0.05) is 23.2 Å². The Morgan fingerprint density at radius 3 is 2.88 bits per heavy atom. The van der Waals surface area contributed by atoms with Crippen molar-refractivity contribution in [3.8, 4) is 0 Å². The fourth-order valence-electron chi connectivity index (χ4n) is 1.99. The van der Waals surface area contributed by atoms with E-state index < -0.39 is 0 Å². The molecule has 1 heterocycles. The van der Waals surface area contributed by atoms with Crippen molar-refractivity contribution in [1.29, 1.82) is 0 Å². The molecule has 92 valence electrons. The van der Waals surface area contributed by atoms with Gasteiger partial charge in [-0.25, -0.2) is 0 Å². The Balaban J connectivity index is 2.20. The minimum Gasteiger partial charge on any atom is -0.337 e. The first-order valence-electron chi connectivity index (χ1n) is 5.52. The molecule has 1 unspecified atom stereocenters. The molecule has 1 amide bonds. The quantitative estimate of drug-likeness (QED) is 0.897. The van der Waals surface area contributed by atoms with E-state index in [-0.39, 0.29) is 11.9 Å². The van der Waals surface area contributed by atoms with Gasteiger partial charge in [0.05, 0.1) is 10.6 Å². The maximum atomic E-state index is 12.3. The summed E-state index contributed by atoms with van der Waals surface area (Å²) in [5.74, 6) is -0.0776. The van der Waals surface area contributed by atoms with Crippen molar-refractivity contribution in [2.75, 3.05) is 20.1 Å². The van der Waals surface area contributed by atoms with Gasteiger partial charge in [-0.2, -0.15) is 0 Å². The highest BCUT2D eigenvalue weighted by atomic mass is 35.5. The van der Waals surface area contributed by atoms with Crippen LogP contribution in [0.15, 0.2) is 18.2 Å². The number of hydrogen-bond acceptors (Lipinski definition) is 2. The van der Waals surface area contributed by atoms with Crippen LogP contribution in [0.3, 0.4) is 0 Å². The highest BCUT2D eigenvalue weighted by Gasteiger charge is 2.25. The predicted molar refractivity (Wildman–Crippen MR) is 69.8 cm³/mol. The molecule has 0 bridgehead atoms. The minimum atomic E-state index is -0.0776. The lowest BCUT2D eigenvalue weighted by Crippen LogP contribution is -2.38. The van der Waals surface area contributed by atoms with Crippen LogP contribution in [0.25, 0.3) is 0 Å². The van der Waals surface area contributed by atoms with Crippen molar-refractivity contribution in [2.24, 2.45) is 0 Å². The van der Waals surface area contributed by atoms with Crippen molar-refractivity contribution < 1.29 is 4.79 Å². The Labute approximate surface area is 111 Å². The molecular weight excluding hydrogens is 259 g/mol. The number of hydrogen-bond donors (Lipinski definition) is 1. The maximum Gasteiger partial charge on any atom is 0.255 e. The second-order valence-corrected chi connectivity index (χ2v) is 5.03. The van der Waals surface area contributed by atoms with E-state index in [2.05, 4.69) is 5.32 Å². The van der Waals surface area contributed by atoms with Gasteiger partial charge in [0, 0.05) is 24.7 Å². The highest BCUT2D eigenvalue weighted by Crippen LogP contribution is 2.23. The van der Waals surface area contributed by atoms with Gasteiger partial charge in [-0.15, -0.1) is 0 Å². The first-order valence-corrected chi connectivity index (χ1v) is 6.28. The monoisotopic (exact) mass is 272 g/mol. The lowest BCUT2D eigenvalue weighted by atomic mass is 10.1. The van der Waals surface area contributed by atoms with Crippen LogP contribution in [0.4, 0.5) is 0 Å². The Bertz CT molecular complexity index is 431. The fraction of sp³-hybridized carbons (Fsp3) is 0.417. The zero-order chi connectivity index (χ0) is 12.4. The number of carbonyl (C=O) groups is 1. The summed E-state index contributed by atoms with van der Waals surface area (Å²) in [5.41, 5.74) is 0.466. The maximum absolute atomic E-state index is 12.3. The van der Waals surface area contributed by atoms with Crippen molar-refractivity contribution in [2.45, 2.75) is 12.5 Å². The average Bonchev–Trinajstić information content (AvgIpc) is 2.84. The van der Waals surface area contributed by atoms with Gasteiger partial charge in [-0.05, 0) is 31.2 Å². The zero-order valence-electron chi connectivity index (χ0n) is 9.54. The summed E-state index contributed by atoms with van der Waals surface area (Å²) in [5, 5.41) is 4.20. The number of benzene rings is 1. The molecule has 1 aliphatic rings. The molecule has 0 spiro atoms. The van der Waals surface area contributed by atoms with Gasteiger partial charge in [-0.3, -0.25) is 4.79 Å². The average molecular weight is 273 g/mol. The number of halogens is 2. The second-order valence-electron chi connectivity index (χ2n) is 4.19. The predicted octanol–water partition coefficient (Wildman–Crippen LogP) is 2.43. The topological polar surface area (TPSA) is 32.3 Å². The Morgan fingerprint density at radius 1 is 1.47 bits per heavy atom. The third kappa shape index (κ3) is 2.73. The van der Waals surface area contributed by atoms with Crippen LogP contribution >= 0.6 is 23.2 Å². The normalized spacial score (nSPS) is 19.4. The molecule has 1 aliphatic heterocycles. The Kier molecular flexibility index (Phi) is 3.92. The molecule has 1 aromatic carbocycles. The van der Waals surface area contributed by atoms with Gasteiger partial charge < -0.3 is 10.2 Å². The third-order valence-electron chi connectivity index (χ3n) is 3.06. The number of nitrogens with zero attached hydrogens (tertiary/aromatic N) is 1. The summed E-state index contributed by atoms with van der Waals surface area (Å²) in [6.07, 6.45) is 0.973. The fourth-order valence-corrected chi connectivity index (χ4v) is 2.36. The summed E-state index contributed by atoms with van der Waals surface area (Å²) in [4.78, 5) is 14.0. The molecule has 1 atom stereocenters. The van der Waals surface area contributed by atoms with Crippen molar-refractivity contribution in [3.63, 3.8) is 0 Å². The molecule has 1 saturated heterocycles. The van der Waals surface area contributed by atoms with Crippen LogP contribution in [0.1, 0.15) is 16.8 Å². The lowest BCUT2D eigenvalue weighted by molar-refractivity contribution is 0.0744. The highest BCUT2D eigenvalue weighted by molar-refractivity contribution is 6.35. The molecular formula is C12H14Cl2N2O. The summed E-state index contributed by atoms with van der Waals surface area (Å²) >= 11 is 11.9. The number of carbonyl (C=O) groups excluding carboxylic acids is 1. The van der Waals surface area contributed by atoms with E-state index in [1.54, 1.807) is 30.1 Å². The van der Waals surface area contributed by atoms with Crippen LogP contribution in [-0.2, 0) is 0 Å². The molecule has 0 aliphatic carbocycles. The molecule has 0 saturated carbocycles. The summed E-state index contributed by atoms with van der Waals surface area (Å²) < 4.78 is 0. The minimum absolute atomic E-state index is 0.0776. The smallest absolute Gasteiger partial charge is 0.255 e. The molecule has 0 radical (unpaired) electrons. The molecule has 1 N–H and O–H groups in total. The number of nitrogens with one attached hydrogen (secondary N) is 1. The number of rotatable bonds is 2. The van der Waals surface area contributed by atoms with Crippen LogP contribution in [0.2, 0.25) is 10.0 Å². The molecule has 0 aromatic heterocycles. The van der Waals surface area contributed by atoms with Crippen LogP contribution in [-0.4, -0.2) is 37.0 Å². The molecule has 5 heteroatoms. The first kappa shape index (κ1) is 12.7. The largest absolute Gasteiger partial charge is 0.337 e. The van der Waals surface area contributed by atoms with E-state index >= 15 is 0 Å². The standard InChI is InChI=1S/C12H14Cl2N2O/c1-16(9-4-5-15-7-9)12(17)10-6-8(13)2-3-11(10)14/h2-3,6,9,15H,4-5,7H2,1H3. The van der Waals surface area contributed by atoms with Crippen LogP contribution in [0, 0.1) is 0 Å². The van der Waals surface area contributed by atoms with E-state index in [9.17, 15) is 4.79 Å². The molecule has 1 aromatic rings. The molecule has 1 fully saturated rings. The van der Waals surface area contributed by atoms with Crippen molar-refractivity contribution in [3.05, 3.63) is 33.8 Å². The van der Waals surface area contributed by atoms with Gasteiger partial charge in [0.25, 0.3) is 5.91 Å². The van der Waals surface area contributed by atoms with E-state index in [0.29, 0.717) is 15.6 Å². The van der Waals surface area contributed by atoms with Gasteiger partial charge in [0.1, 0.15) is 0 Å². The summed E-state index contributed by atoms with van der Waals surface area (Å²) in [6.45, 7) is 1.78. The van der Waals surface area contributed by atoms with E-state index in [1.165, 1.54) is 0 Å². The lowest BCUT2D eigenvalue weighted by Gasteiger charge is -2.24. The van der Waals surface area contributed by atoms with Crippen molar-refractivity contribution >= 4 is 29.1 Å². The van der Waals surface area contributed by atoms with Crippen LogP contribution < -0.4 is 5.32 Å². The van der Waals surface area contributed by atoms with E-state index in [0.717, 1.165) is 19.5 Å². The van der Waals surface area contributed by atoms with E-state index in [1.807, 2.05) is 0 Å². The Morgan fingerprint density at radius 2 is 2.24 bits per heavy atom. The Hall–Kier alpha value is -0.770. The van der Waals surface area contributed by atoms with E-state index in [4.69, 9.17) is 23.2 Å². The van der Waals surface area contributed by atoms with Gasteiger partial charge in [0.15, 0.2) is 0 Å². The molecule has 3 nitrogen and oxygen atoms in total. The summed E-state index contributed by atoms with van der Waals surface area (Å²) in [7, 11) is 1.80. The molecule has 2 rings (SSSR count). The summed E-state index contributed by atoms with van der Waals surface area (Å²) in [6, 6.07) is 5.18. The van der Waals surface area contributed by atoms with Crippen molar-refractivity contribution in [1.82, 2.24) is 10.2 Å². The number of amides is 1. The first-order chi connectivity index (χ1) is 8.09. The third-order valence-corrected chi connectivity index (χ3v) is 3.63. The van der Waals surface area contributed by atoms with Gasteiger partial charge in [0.2, 0.25) is 0 Å². The zero-order valence-corrected chi connectivity index (χ0v) is 11.1. The SMILES string of the molecule is CN(C(=O)c1cc(Cl)ccc1Cl)C1CCNC1. The number of likely N-dealkylation sites (N-methyl/N-ethyl adjacent to an activating group) is 1. The van der Waals surface area contributed by atoms with Crippen LogP contribution in [0.5, 0.6) is 0 Å². The second kappa shape index (κ2) is 5.25.